The first-order chi connectivity index (χ1) is 12.2. The summed E-state index contributed by atoms with van der Waals surface area (Å²) in [6.45, 7) is 1.06. The SMILES string of the molecule is COCc1c(Oc2ccc3c(nnn3CC3CC3)c2Br)ccc[n+]1[O-]. The lowest BCUT2D eigenvalue weighted by molar-refractivity contribution is -0.616. The Hall–Kier alpha value is -2.19. The molecule has 0 N–H and O–H groups in total. The van der Waals surface area contributed by atoms with Crippen LogP contribution in [0.15, 0.2) is 34.9 Å². The Kier molecular flexibility index (Phi) is 4.30. The molecule has 0 radical (unpaired) electrons. The molecule has 0 bridgehead atoms. The third-order valence-corrected chi connectivity index (χ3v) is 5.01. The van der Waals surface area contributed by atoms with Crippen LogP contribution in [0.3, 0.4) is 0 Å². The van der Waals surface area contributed by atoms with Gasteiger partial charge >= 0.3 is 0 Å². The smallest absolute Gasteiger partial charge is 0.261 e. The van der Waals surface area contributed by atoms with Crippen LogP contribution in [0.5, 0.6) is 11.5 Å². The zero-order chi connectivity index (χ0) is 17.4. The molecule has 0 amide bonds. The van der Waals surface area contributed by atoms with Crippen molar-refractivity contribution in [3.8, 4) is 11.5 Å². The van der Waals surface area contributed by atoms with Crippen LogP contribution < -0.4 is 9.47 Å². The molecular formula is C17H17BrN4O3. The van der Waals surface area contributed by atoms with Gasteiger partial charge in [0, 0.05) is 19.7 Å². The molecule has 1 aliphatic rings. The Labute approximate surface area is 152 Å². The zero-order valence-corrected chi connectivity index (χ0v) is 15.3. The van der Waals surface area contributed by atoms with Gasteiger partial charge in [0.2, 0.25) is 0 Å². The van der Waals surface area contributed by atoms with Crippen molar-refractivity contribution in [1.82, 2.24) is 15.0 Å². The molecule has 25 heavy (non-hydrogen) atoms. The van der Waals surface area contributed by atoms with Crippen LogP contribution in [-0.4, -0.2) is 22.1 Å². The van der Waals surface area contributed by atoms with E-state index >= 15 is 0 Å². The maximum Gasteiger partial charge on any atom is 0.261 e. The quantitative estimate of drug-likeness (QED) is 0.465. The van der Waals surface area contributed by atoms with Crippen molar-refractivity contribution in [1.29, 1.82) is 0 Å². The van der Waals surface area contributed by atoms with E-state index < -0.39 is 0 Å². The highest BCUT2D eigenvalue weighted by Crippen LogP contribution is 2.37. The molecule has 1 aromatic carbocycles. The van der Waals surface area contributed by atoms with E-state index in [-0.39, 0.29) is 6.61 Å². The summed E-state index contributed by atoms with van der Waals surface area (Å²) < 4.78 is 14.5. The molecule has 0 saturated heterocycles. The first-order valence-electron chi connectivity index (χ1n) is 8.07. The number of aromatic nitrogens is 4. The normalized spacial score (nSPS) is 14.2. The van der Waals surface area contributed by atoms with Crippen molar-refractivity contribution in [3.05, 3.63) is 45.8 Å². The molecule has 7 nitrogen and oxygen atoms in total. The van der Waals surface area contributed by atoms with Crippen molar-refractivity contribution in [2.45, 2.75) is 26.0 Å². The highest BCUT2D eigenvalue weighted by Gasteiger charge is 2.24. The molecule has 0 atom stereocenters. The van der Waals surface area contributed by atoms with Gasteiger partial charge in [-0.15, -0.1) is 5.10 Å². The fourth-order valence-electron chi connectivity index (χ4n) is 2.73. The summed E-state index contributed by atoms with van der Waals surface area (Å²) in [5.74, 6) is 1.74. The summed E-state index contributed by atoms with van der Waals surface area (Å²) in [6.07, 6.45) is 3.94. The average Bonchev–Trinajstić information content (AvgIpc) is 3.32. The second-order valence-electron chi connectivity index (χ2n) is 6.14. The van der Waals surface area contributed by atoms with Gasteiger partial charge in [-0.05, 0) is 52.9 Å². The monoisotopic (exact) mass is 404 g/mol. The first-order valence-corrected chi connectivity index (χ1v) is 8.86. The Balaban J connectivity index is 1.68. The molecule has 2 aromatic heterocycles. The van der Waals surface area contributed by atoms with Crippen molar-refractivity contribution in [3.63, 3.8) is 0 Å². The van der Waals surface area contributed by atoms with Gasteiger partial charge < -0.3 is 14.7 Å². The molecule has 1 saturated carbocycles. The summed E-state index contributed by atoms with van der Waals surface area (Å²) >= 11 is 3.56. The lowest BCUT2D eigenvalue weighted by Gasteiger charge is -2.11. The molecule has 4 rings (SSSR count). The number of methoxy groups -OCH3 is 1. The van der Waals surface area contributed by atoms with Crippen LogP contribution in [0.1, 0.15) is 18.5 Å². The Morgan fingerprint density at radius 1 is 1.32 bits per heavy atom. The number of benzene rings is 1. The Bertz CT molecular complexity index is 924. The topological polar surface area (TPSA) is 76.1 Å². The molecular weight excluding hydrogens is 388 g/mol. The summed E-state index contributed by atoms with van der Waals surface area (Å²) in [5, 5.41) is 20.5. The van der Waals surface area contributed by atoms with Crippen molar-refractivity contribution >= 4 is 27.0 Å². The van der Waals surface area contributed by atoms with Gasteiger partial charge in [0.1, 0.15) is 17.9 Å². The number of halogens is 1. The Morgan fingerprint density at radius 2 is 2.16 bits per heavy atom. The minimum Gasteiger partial charge on any atom is -0.618 e. The van der Waals surface area contributed by atoms with Gasteiger partial charge in [-0.25, -0.2) is 4.68 Å². The average molecular weight is 405 g/mol. The van der Waals surface area contributed by atoms with E-state index in [0.717, 1.165) is 26.8 Å². The fourth-order valence-corrected chi connectivity index (χ4v) is 3.23. The maximum atomic E-state index is 11.9. The molecule has 130 valence electrons. The largest absolute Gasteiger partial charge is 0.618 e. The number of rotatable bonds is 6. The second kappa shape index (κ2) is 6.61. The van der Waals surface area contributed by atoms with E-state index in [4.69, 9.17) is 9.47 Å². The zero-order valence-electron chi connectivity index (χ0n) is 13.7. The lowest BCUT2D eigenvalue weighted by atomic mass is 10.2. The molecule has 1 aliphatic carbocycles. The van der Waals surface area contributed by atoms with Crippen molar-refractivity contribution in [2.75, 3.05) is 7.11 Å². The highest BCUT2D eigenvalue weighted by molar-refractivity contribution is 9.10. The molecule has 0 aliphatic heterocycles. The fraction of sp³-hybridized carbons (Fsp3) is 0.353. The summed E-state index contributed by atoms with van der Waals surface area (Å²) in [4.78, 5) is 0. The van der Waals surface area contributed by atoms with E-state index in [1.807, 2.05) is 16.8 Å². The van der Waals surface area contributed by atoms with E-state index in [2.05, 4.69) is 26.2 Å². The molecule has 8 heteroatoms. The van der Waals surface area contributed by atoms with Gasteiger partial charge in [-0.1, -0.05) is 5.21 Å². The van der Waals surface area contributed by atoms with Gasteiger partial charge in [0.15, 0.2) is 11.9 Å². The third-order valence-electron chi connectivity index (χ3n) is 4.24. The molecule has 2 heterocycles. The highest BCUT2D eigenvalue weighted by atomic mass is 79.9. The predicted octanol–water partition coefficient (Wildman–Crippen LogP) is 3.18. The molecule has 1 fully saturated rings. The summed E-state index contributed by atoms with van der Waals surface area (Å²) in [6, 6.07) is 7.18. The van der Waals surface area contributed by atoms with Gasteiger partial charge in [0.05, 0.1) is 9.99 Å². The van der Waals surface area contributed by atoms with Crippen molar-refractivity contribution in [2.24, 2.45) is 5.92 Å². The van der Waals surface area contributed by atoms with E-state index in [9.17, 15) is 5.21 Å². The van der Waals surface area contributed by atoms with Gasteiger partial charge in [-0.2, -0.15) is 4.73 Å². The van der Waals surface area contributed by atoms with Crippen LogP contribution >= 0.6 is 15.9 Å². The standard InChI is InChI=1S/C17H17BrN4O3/c1-24-10-13-14(3-2-8-22(13)23)25-15-7-6-12-17(16(15)18)19-20-21(12)9-11-4-5-11/h2-3,6-8,11H,4-5,9-10H2,1H3. The number of hydrogen-bond acceptors (Lipinski definition) is 5. The molecule has 3 aromatic rings. The molecule has 0 unspecified atom stereocenters. The first kappa shape index (κ1) is 16.3. The second-order valence-corrected chi connectivity index (χ2v) is 6.93. The third kappa shape index (κ3) is 3.19. The van der Waals surface area contributed by atoms with Crippen LogP contribution in [0.4, 0.5) is 0 Å². The van der Waals surface area contributed by atoms with E-state index in [1.54, 1.807) is 12.1 Å². The van der Waals surface area contributed by atoms with Gasteiger partial charge in [-0.3, -0.25) is 0 Å². The lowest BCUT2D eigenvalue weighted by Crippen LogP contribution is -2.31. The molecule has 0 spiro atoms. The summed E-state index contributed by atoms with van der Waals surface area (Å²) in [7, 11) is 1.54. The number of ether oxygens (including phenoxy) is 2. The number of nitrogens with zero attached hydrogens (tertiary/aromatic N) is 4. The van der Waals surface area contributed by atoms with E-state index in [0.29, 0.717) is 23.1 Å². The minimum absolute atomic E-state index is 0.164. The van der Waals surface area contributed by atoms with Crippen LogP contribution in [0.2, 0.25) is 0 Å². The van der Waals surface area contributed by atoms with Gasteiger partial charge in [0.25, 0.3) is 5.69 Å². The van der Waals surface area contributed by atoms with E-state index in [1.165, 1.54) is 26.1 Å². The predicted molar refractivity (Wildman–Crippen MR) is 94.1 cm³/mol. The van der Waals surface area contributed by atoms with Crippen LogP contribution in [-0.2, 0) is 17.9 Å². The van der Waals surface area contributed by atoms with Crippen LogP contribution in [0.25, 0.3) is 11.0 Å². The van der Waals surface area contributed by atoms with Crippen LogP contribution in [0, 0.1) is 11.1 Å². The number of hydrogen-bond donors (Lipinski definition) is 0. The number of pyridine rings is 1. The van der Waals surface area contributed by atoms with Crippen molar-refractivity contribution < 1.29 is 14.2 Å². The minimum atomic E-state index is 0.164. The maximum absolute atomic E-state index is 11.9. The summed E-state index contributed by atoms with van der Waals surface area (Å²) in [5.41, 5.74) is 2.13. The number of fused-ring (bicyclic) bond motifs is 1. The Morgan fingerprint density at radius 3 is 2.92 bits per heavy atom.